The Labute approximate surface area is 100 Å². The van der Waals surface area contributed by atoms with Crippen LogP contribution in [0.3, 0.4) is 0 Å². The minimum Gasteiger partial charge on any atom is -0.372 e. The number of aryl methyl sites for hydroxylation is 2. The second-order valence-corrected chi connectivity index (χ2v) is 4.64. The molecule has 0 amide bonds. The lowest BCUT2D eigenvalue weighted by Gasteiger charge is -2.24. The minimum absolute atomic E-state index is 1.10. The lowest BCUT2D eigenvalue weighted by molar-refractivity contribution is 0.731. The molecule has 0 aromatic heterocycles. The van der Waals surface area contributed by atoms with Crippen molar-refractivity contribution in [2.24, 2.45) is 0 Å². The van der Waals surface area contributed by atoms with Gasteiger partial charge < -0.3 is 4.90 Å². The van der Waals surface area contributed by atoms with E-state index in [9.17, 15) is 0 Å². The molecule has 0 aliphatic heterocycles. The Morgan fingerprint density at radius 2 is 1.56 bits per heavy atom. The first kappa shape index (κ1) is 13.1. The van der Waals surface area contributed by atoms with Crippen LogP contribution in [0.25, 0.3) is 0 Å². The predicted molar refractivity (Wildman–Crippen MR) is 73.4 cm³/mol. The number of rotatable bonds is 5. The predicted octanol–water partition coefficient (Wildman–Crippen LogP) is 4.24. The van der Waals surface area contributed by atoms with Gasteiger partial charge in [-0.3, -0.25) is 0 Å². The van der Waals surface area contributed by atoms with Crippen molar-refractivity contribution in [1.29, 1.82) is 0 Å². The van der Waals surface area contributed by atoms with Crippen LogP contribution in [-0.2, 0) is 0 Å². The molecule has 0 N–H and O–H groups in total. The highest BCUT2D eigenvalue weighted by Gasteiger charge is 2.06. The summed E-state index contributed by atoms with van der Waals surface area (Å²) >= 11 is 0. The van der Waals surface area contributed by atoms with Crippen molar-refractivity contribution in [1.82, 2.24) is 0 Å². The van der Waals surface area contributed by atoms with Gasteiger partial charge in [0.25, 0.3) is 0 Å². The van der Waals surface area contributed by atoms with E-state index in [0.717, 1.165) is 6.54 Å². The monoisotopic (exact) mass is 219 g/mol. The summed E-state index contributed by atoms with van der Waals surface area (Å²) in [6.07, 6.45) is 2.54. The molecular weight excluding hydrogens is 194 g/mol. The van der Waals surface area contributed by atoms with Gasteiger partial charge in [0.2, 0.25) is 0 Å². The molecular formula is C15H25N. The number of nitrogens with zero attached hydrogens (tertiary/aromatic N) is 1. The number of benzene rings is 1. The van der Waals surface area contributed by atoms with Crippen LogP contribution >= 0.6 is 0 Å². The van der Waals surface area contributed by atoms with Crippen molar-refractivity contribution in [3.63, 3.8) is 0 Å². The van der Waals surface area contributed by atoms with Gasteiger partial charge in [0, 0.05) is 18.8 Å². The summed E-state index contributed by atoms with van der Waals surface area (Å²) in [7, 11) is 0. The Kier molecular flexibility index (Phi) is 4.85. The summed E-state index contributed by atoms with van der Waals surface area (Å²) in [6.45, 7) is 13.4. The summed E-state index contributed by atoms with van der Waals surface area (Å²) in [5, 5.41) is 0. The van der Waals surface area contributed by atoms with E-state index in [1.807, 2.05) is 0 Å². The SMILES string of the molecule is CCCCN(CC)c1cc(C)c(C)c(C)c1. The summed E-state index contributed by atoms with van der Waals surface area (Å²) in [5.41, 5.74) is 5.63. The maximum Gasteiger partial charge on any atom is 0.0371 e. The molecule has 0 fully saturated rings. The zero-order valence-corrected chi connectivity index (χ0v) is 11.4. The Morgan fingerprint density at radius 1 is 1.00 bits per heavy atom. The van der Waals surface area contributed by atoms with Gasteiger partial charge in [-0.15, -0.1) is 0 Å². The molecule has 0 spiro atoms. The lowest BCUT2D eigenvalue weighted by Crippen LogP contribution is -2.24. The van der Waals surface area contributed by atoms with Gasteiger partial charge in [0.05, 0.1) is 0 Å². The van der Waals surface area contributed by atoms with Crippen LogP contribution in [0.5, 0.6) is 0 Å². The van der Waals surface area contributed by atoms with Gasteiger partial charge in [-0.2, -0.15) is 0 Å². The molecule has 0 bridgehead atoms. The average molecular weight is 219 g/mol. The number of anilines is 1. The van der Waals surface area contributed by atoms with Crippen LogP contribution < -0.4 is 4.90 Å². The first-order valence-corrected chi connectivity index (χ1v) is 6.42. The Hall–Kier alpha value is -0.980. The highest BCUT2D eigenvalue weighted by atomic mass is 15.1. The number of hydrogen-bond donors (Lipinski definition) is 0. The van der Waals surface area contributed by atoms with Gasteiger partial charge in [0.1, 0.15) is 0 Å². The zero-order valence-electron chi connectivity index (χ0n) is 11.4. The van der Waals surface area contributed by atoms with E-state index in [4.69, 9.17) is 0 Å². The van der Waals surface area contributed by atoms with Crippen LogP contribution in [-0.4, -0.2) is 13.1 Å². The Bertz CT molecular complexity index is 318. The maximum absolute atomic E-state index is 2.48. The molecule has 1 rings (SSSR count). The van der Waals surface area contributed by atoms with E-state index < -0.39 is 0 Å². The third kappa shape index (κ3) is 3.01. The van der Waals surface area contributed by atoms with Crippen LogP contribution in [0.4, 0.5) is 5.69 Å². The molecule has 1 aromatic carbocycles. The van der Waals surface area contributed by atoms with Crippen molar-refractivity contribution < 1.29 is 0 Å². The van der Waals surface area contributed by atoms with E-state index in [-0.39, 0.29) is 0 Å². The molecule has 1 heteroatoms. The molecule has 0 heterocycles. The highest BCUT2D eigenvalue weighted by molar-refractivity contribution is 5.53. The molecule has 16 heavy (non-hydrogen) atoms. The third-order valence-electron chi connectivity index (χ3n) is 3.44. The van der Waals surface area contributed by atoms with Crippen molar-refractivity contribution in [2.45, 2.75) is 47.5 Å². The molecule has 0 unspecified atom stereocenters. The minimum atomic E-state index is 1.10. The third-order valence-corrected chi connectivity index (χ3v) is 3.44. The van der Waals surface area contributed by atoms with E-state index in [2.05, 4.69) is 51.7 Å². The van der Waals surface area contributed by atoms with Crippen molar-refractivity contribution in [3.8, 4) is 0 Å². The highest BCUT2D eigenvalue weighted by Crippen LogP contribution is 2.22. The van der Waals surface area contributed by atoms with Crippen molar-refractivity contribution in [3.05, 3.63) is 28.8 Å². The molecule has 0 atom stereocenters. The second kappa shape index (κ2) is 5.93. The van der Waals surface area contributed by atoms with Gasteiger partial charge in [-0.1, -0.05) is 13.3 Å². The molecule has 1 nitrogen and oxygen atoms in total. The number of hydrogen-bond acceptors (Lipinski definition) is 1. The average Bonchev–Trinajstić information content (AvgIpc) is 2.26. The van der Waals surface area contributed by atoms with E-state index in [1.54, 1.807) is 0 Å². The van der Waals surface area contributed by atoms with Crippen LogP contribution in [0, 0.1) is 20.8 Å². The first-order chi connectivity index (χ1) is 7.60. The first-order valence-electron chi connectivity index (χ1n) is 6.42. The molecule has 0 saturated heterocycles. The molecule has 0 aliphatic carbocycles. The van der Waals surface area contributed by atoms with Gasteiger partial charge in [-0.25, -0.2) is 0 Å². The summed E-state index contributed by atoms with van der Waals surface area (Å²) in [5.74, 6) is 0. The van der Waals surface area contributed by atoms with E-state index >= 15 is 0 Å². The maximum atomic E-state index is 2.48. The van der Waals surface area contributed by atoms with Crippen LogP contribution in [0.15, 0.2) is 12.1 Å². The largest absolute Gasteiger partial charge is 0.372 e. The molecule has 0 radical (unpaired) electrons. The van der Waals surface area contributed by atoms with Crippen LogP contribution in [0.1, 0.15) is 43.4 Å². The van der Waals surface area contributed by atoms with Gasteiger partial charge in [0.15, 0.2) is 0 Å². The molecule has 1 aromatic rings. The smallest absolute Gasteiger partial charge is 0.0371 e. The number of unbranched alkanes of at least 4 members (excludes halogenated alkanes) is 1. The zero-order chi connectivity index (χ0) is 12.1. The quantitative estimate of drug-likeness (QED) is 0.716. The molecule has 90 valence electrons. The molecule has 0 aliphatic rings. The standard InChI is InChI=1S/C15H25N/c1-6-8-9-16(7-2)15-10-12(3)14(5)13(4)11-15/h10-11H,6-9H2,1-5H3. The fourth-order valence-electron chi connectivity index (χ4n) is 2.01. The lowest BCUT2D eigenvalue weighted by atomic mass is 10.0. The van der Waals surface area contributed by atoms with E-state index in [0.29, 0.717) is 0 Å². The fraction of sp³-hybridized carbons (Fsp3) is 0.600. The van der Waals surface area contributed by atoms with Crippen LogP contribution in [0.2, 0.25) is 0 Å². The fourth-order valence-corrected chi connectivity index (χ4v) is 2.01. The Morgan fingerprint density at radius 3 is 2.00 bits per heavy atom. The van der Waals surface area contributed by atoms with Crippen molar-refractivity contribution >= 4 is 5.69 Å². The van der Waals surface area contributed by atoms with Crippen molar-refractivity contribution in [2.75, 3.05) is 18.0 Å². The summed E-state index contributed by atoms with van der Waals surface area (Å²) in [4.78, 5) is 2.48. The second-order valence-electron chi connectivity index (χ2n) is 4.64. The van der Waals surface area contributed by atoms with E-state index in [1.165, 1.54) is 41.8 Å². The van der Waals surface area contributed by atoms with Gasteiger partial charge in [-0.05, 0) is 62.9 Å². The normalized spacial score (nSPS) is 10.6. The van der Waals surface area contributed by atoms with Gasteiger partial charge >= 0.3 is 0 Å². The molecule has 0 saturated carbocycles. The topological polar surface area (TPSA) is 3.24 Å². The Balaban J connectivity index is 2.92. The summed E-state index contributed by atoms with van der Waals surface area (Å²) in [6, 6.07) is 4.64. The summed E-state index contributed by atoms with van der Waals surface area (Å²) < 4.78 is 0.